The molecule has 0 bridgehead atoms. The Morgan fingerprint density at radius 3 is 2.48 bits per heavy atom. The van der Waals surface area contributed by atoms with E-state index in [1.807, 2.05) is 11.6 Å². The number of carbonyl (C=O) groups is 1. The SMILES string of the molecule is CCc1c(C)nn(CCCC(=O)c2ccc(F)cc2)c1C. The van der Waals surface area contributed by atoms with E-state index in [1.54, 1.807) is 0 Å². The predicted octanol–water partition coefficient (Wildman–Crippen LogP) is 3.86. The Kier molecular flexibility index (Phi) is 4.89. The number of hydrogen-bond donors (Lipinski definition) is 0. The smallest absolute Gasteiger partial charge is 0.162 e. The summed E-state index contributed by atoms with van der Waals surface area (Å²) in [4.78, 5) is 12.0. The largest absolute Gasteiger partial charge is 0.294 e. The topological polar surface area (TPSA) is 34.9 Å². The first-order valence-electron chi connectivity index (χ1n) is 7.34. The lowest BCUT2D eigenvalue weighted by Gasteiger charge is -2.05. The summed E-state index contributed by atoms with van der Waals surface area (Å²) < 4.78 is 14.8. The standard InChI is InChI=1S/C17H21FN2O/c1-4-16-12(2)19-20(13(16)3)11-5-6-17(21)14-7-9-15(18)10-8-14/h7-10H,4-6,11H2,1-3H3. The van der Waals surface area contributed by atoms with Crippen molar-refractivity contribution >= 4 is 5.78 Å². The molecule has 0 spiro atoms. The molecule has 0 atom stereocenters. The molecule has 0 aliphatic heterocycles. The average Bonchev–Trinajstić information content (AvgIpc) is 2.73. The molecule has 4 heteroatoms. The minimum Gasteiger partial charge on any atom is -0.294 e. The summed E-state index contributed by atoms with van der Waals surface area (Å²) in [5.74, 6) is -0.270. The molecule has 1 heterocycles. The zero-order valence-corrected chi connectivity index (χ0v) is 12.8. The Hall–Kier alpha value is -1.97. The fraction of sp³-hybridized carbons (Fsp3) is 0.412. The van der Waals surface area contributed by atoms with Crippen LogP contribution in [-0.4, -0.2) is 15.6 Å². The van der Waals surface area contributed by atoms with Crippen LogP contribution in [0.3, 0.4) is 0 Å². The second kappa shape index (κ2) is 6.66. The summed E-state index contributed by atoms with van der Waals surface area (Å²) in [5, 5.41) is 4.52. The molecule has 0 amide bonds. The summed E-state index contributed by atoms with van der Waals surface area (Å²) in [7, 11) is 0. The molecular weight excluding hydrogens is 267 g/mol. The molecule has 2 rings (SSSR count). The number of rotatable bonds is 6. The van der Waals surface area contributed by atoms with Gasteiger partial charge in [0.05, 0.1) is 5.69 Å². The number of benzene rings is 1. The maximum absolute atomic E-state index is 12.8. The number of ketones is 1. The van der Waals surface area contributed by atoms with Crippen LogP contribution in [0.1, 0.15) is 47.1 Å². The van der Waals surface area contributed by atoms with Crippen molar-refractivity contribution in [3.8, 4) is 0 Å². The Bertz CT molecular complexity index is 629. The second-order valence-corrected chi connectivity index (χ2v) is 5.26. The van der Waals surface area contributed by atoms with Gasteiger partial charge in [-0.25, -0.2) is 4.39 Å². The third-order valence-electron chi connectivity index (χ3n) is 3.82. The van der Waals surface area contributed by atoms with Crippen molar-refractivity contribution in [1.82, 2.24) is 9.78 Å². The Balaban J connectivity index is 1.92. The molecular formula is C17H21FN2O. The third-order valence-corrected chi connectivity index (χ3v) is 3.82. The molecule has 0 aliphatic carbocycles. The molecule has 2 aromatic rings. The molecule has 21 heavy (non-hydrogen) atoms. The van der Waals surface area contributed by atoms with Crippen molar-refractivity contribution in [2.45, 2.75) is 46.6 Å². The van der Waals surface area contributed by atoms with E-state index in [0.29, 0.717) is 12.0 Å². The van der Waals surface area contributed by atoms with E-state index in [4.69, 9.17) is 0 Å². The van der Waals surface area contributed by atoms with Gasteiger partial charge in [0.15, 0.2) is 5.78 Å². The van der Waals surface area contributed by atoms with Gasteiger partial charge in [0.25, 0.3) is 0 Å². The van der Waals surface area contributed by atoms with Gasteiger partial charge in [-0.3, -0.25) is 9.48 Å². The maximum atomic E-state index is 12.8. The first-order valence-corrected chi connectivity index (χ1v) is 7.34. The quantitative estimate of drug-likeness (QED) is 0.756. The first-order chi connectivity index (χ1) is 10.0. The minimum atomic E-state index is -0.318. The van der Waals surface area contributed by atoms with Crippen LogP contribution in [0.5, 0.6) is 0 Å². The molecule has 0 saturated heterocycles. The molecule has 0 aliphatic rings. The Morgan fingerprint density at radius 2 is 1.90 bits per heavy atom. The first kappa shape index (κ1) is 15.4. The molecule has 1 aromatic heterocycles. The van der Waals surface area contributed by atoms with Crippen LogP contribution in [0.15, 0.2) is 24.3 Å². The van der Waals surface area contributed by atoms with Gasteiger partial charge in [-0.2, -0.15) is 5.10 Å². The van der Waals surface area contributed by atoms with E-state index in [-0.39, 0.29) is 11.6 Å². The van der Waals surface area contributed by atoms with Gasteiger partial charge in [-0.15, -0.1) is 0 Å². The number of halogens is 1. The van der Waals surface area contributed by atoms with Crippen LogP contribution in [0.2, 0.25) is 0 Å². The second-order valence-electron chi connectivity index (χ2n) is 5.26. The van der Waals surface area contributed by atoms with Gasteiger partial charge >= 0.3 is 0 Å². The highest BCUT2D eigenvalue weighted by Crippen LogP contribution is 2.15. The van der Waals surface area contributed by atoms with Crippen molar-refractivity contribution in [3.63, 3.8) is 0 Å². The van der Waals surface area contributed by atoms with Gasteiger partial charge < -0.3 is 0 Å². The van der Waals surface area contributed by atoms with Crippen molar-refractivity contribution in [1.29, 1.82) is 0 Å². The molecule has 3 nitrogen and oxygen atoms in total. The number of aromatic nitrogens is 2. The monoisotopic (exact) mass is 288 g/mol. The molecule has 0 unspecified atom stereocenters. The lowest BCUT2D eigenvalue weighted by atomic mass is 10.1. The van der Waals surface area contributed by atoms with Gasteiger partial charge in [-0.1, -0.05) is 6.92 Å². The maximum Gasteiger partial charge on any atom is 0.162 e. The van der Waals surface area contributed by atoms with Crippen molar-refractivity contribution in [3.05, 3.63) is 52.6 Å². The van der Waals surface area contributed by atoms with Gasteiger partial charge in [0, 0.05) is 24.2 Å². The van der Waals surface area contributed by atoms with E-state index in [2.05, 4.69) is 18.9 Å². The third kappa shape index (κ3) is 3.57. The van der Waals surface area contributed by atoms with Crippen LogP contribution in [0, 0.1) is 19.7 Å². The van der Waals surface area contributed by atoms with Crippen LogP contribution >= 0.6 is 0 Å². The van der Waals surface area contributed by atoms with E-state index in [9.17, 15) is 9.18 Å². The highest BCUT2D eigenvalue weighted by Gasteiger charge is 2.10. The van der Waals surface area contributed by atoms with Crippen molar-refractivity contribution in [2.24, 2.45) is 0 Å². The van der Waals surface area contributed by atoms with E-state index in [1.165, 1.54) is 35.5 Å². The fourth-order valence-corrected chi connectivity index (χ4v) is 2.63. The normalized spacial score (nSPS) is 10.9. The fourth-order valence-electron chi connectivity index (χ4n) is 2.63. The molecule has 0 fully saturated rings. The lowest BCUT2D eigenvalue weighted by Crippen LogP contribution is -2.06. The highest BCUT2D eigenvalue weighted by molar-refractivity contribution is 5.95. The predicted molar refractivity (Wildman–Crippen MR) is 81.0 cm³/mol. The number of nitrogens with zero attached hydrogens (tertiary/aromatic N) is 2. The summed E-state index contributed by atoms with van der Waals surface area (Å²) in [6, 6.07) is 5.72. The van der Waals surface area contributed by atoms with Gasteiger partial charge in [0.1, 0.15) is 5.82 Å². The molecule has 1 aromatic carbocycles. The van der Waals surface area contributed by atoms with E-state index < -0.39 is 0 Å². The molecule has 0 radical (unpaired) electrons. The lowest BCUT2D eigenvalue weighted by molar-refractivity contribution is 0.0978. The summed E-state index contributed by atoms with van der Waals surface area (Å²) >= 11 is 0. The highest BCUT2D eigenvalue weighted by atomic mass is 19.1. The number of carbonyl (C=O) groups excluding carboxylic acids is 1. The van der Waals surface area contributed by atoms with Gasteiger partial charge in [0.2, 0.25) is 0 Å². The minimum absolute atomic E-state index is 0.0484. The van der Waals surface area contributed by atoms with E-state index >= 15 is 0 Å². The summed E-state index contributed by atoms with van der Waals surface area (Å²) in [6.07, 6.45) is 2.17. The summed E-state index contributed by atoms with van der Waals surface area (Å²) in [6.45, 7) is 6.95. The van der Waals surface area contributed by atoms with Crippen LogP contribution in [-0.2, 0) is 13.0 Å². The molecule has 0 saturated carbocycles. The van der Waals surface area contributed by atoms with Crippen molar-refractivity contribution < 1.29 is 9.18 Å². The van der Waals surface area contributed by atoms with Crippen LogP contribution in [0.25, 0.3) is 0 Å². The number of aryl methyl sites for hydroxylation is 2. The summed E-state index contributed by atoms with van der Waals surface area (Å²) in [5.41, 5.74) is 4.11. The zero-order chi connectivity index (χ0) is 15.4. The van der Waals surface area contributed by atoms with Crippen LogP contribution in [0.4, 0.5) is 4.39 Å². The van der Waals surface area contributed by atoms with E-state index in [0.717, 1.165) is 25.1 Å². The Labute approximate surface area is 124 Å². The van der Waals surface area contributed by atoms with Crippen LogP contribution < -0.4 is 0 Å². The molecule has 0 N–H and O–H groups in total. The van der Waals surface area contributed by atoms with Crippen molar-refractivity contribution in [2.75, 3.05) is 0 Å². The average molecular weight is 288 g/mol. The number of Topliss-reactive ketones (excluding diaryl/α,β-unsaturated/α-hetero) is 1. The van der Waals surface area contributed by atoms with Gasteiger partial charge in [-0.05, 0) is 56.5 Å². The molecule has 112 valence electrons. The Morgan fingerprint density at radius 1 is 1.24 bits per heavy atom. The number of hydrogen-bond acceptors (Lipinski definition) is 2. The zero-order valence-electron chi connectivity index (χ0n) is 12.8.